The zero-order valence-corrected chi connectivity index (χ0v) is 11.9. The second-order valence-electron chi connectivity index (χ2n) is 4.74. The van der Waals surface area contributed by atoms with Crippen LogP contribution in [0.2, 0.25) is 0 Å². The molecule has 5 atom stereocenters. The smallest absolute Gasteiger partial charge is 0.298 e. The molecule has 1 saturated heterocycles. The molecule has 12 heteroatoms. The Bertz CT molecular complexity index is 696. The summed E-state index contributed by atoms with van der Waals surface area (Å²) in [6.07, 6.45) is -3.28. The summed E-state index contributed by atoms with van der Waals surface area (Å²) in [6, 6.07) is 0. The van der Waals surface area contributed by atoms with Gasteiger partial charge in [-0.1, -0.05) is 0 Å². The van der Waals surface area contributed by atoms with Crippen LogP contribution in [0.15, 0.2) is 11.4 Å². The van der Waals surface area contributed by atoms with Gasteiger partial charge in [-0.05, 0) is 0 Å². The zero-order valence-electron chi connectivity index (χ0n) is 11.1. The lowest BCUT2D eigenvalue weighted by molar-refractivity contribution is -0.0511. The molecule has 1 fully saturated rings. The lowest BCUT2D eigenvalue weighted by Crippen LogP contribution is -2.33. The molecule has 0 amide bonds. The van der Waals surface area contributed by atoms with Crippen LogP contribution in [0.1, 0.15) is 6.23 Å². The summed E-state index contributed by atoms with van der Waals surface area (Å²) in [5.74, 6) is -0.171. The number of rotatable bonds is 3. The van der Waals surface area contributed by atoms with Gasteiger partial charge in [-0.25, -0.2) is 4.98 Å². The molecule has 7 N–H and O–H groups in total. The van der Waals surface area contributed by atoms with Gasteiger partial charge < -0.3 is 30.3 Å². The molecule has 1 aliphatic heterocycles. The summed E-state index contributed by atoms with van der Waals surface area (Å²) < 4.78 is 18.2. The number of fused-ring (bicyclic) bond motifs is 1. The van der Waals surface area contributed by atoms with Crippen molar-refractivity contribution in [2.75, 3.05) is 12.3 Å². The van der Waals surface area contributed by atoms with Crippen LogP contribution in [0.5, 0.6) is 0 Å². The van der Waals surface area contributed by atoms with E-state index in [9.17, 15) is 14.8 Å². The highest BCUT2D eigenvalue weighted by atomic mass is 32.2. The first-order chi connectivity index (χ1) is 10.4. The number of aliphatic hydroxyl groups excluding tert-OH is 3. The maximum atomic E-state index is 11.5. The van der Waals surface area contributed by atoms with Gasteiger partial charge in [0.05, 0.1) is 24.3 Å². The van der Waals surface area contributed by atoms with Crippen LogP contribution in [0.4, 0.5) is 5.95 Å². The van der Waals surface area contributed by atoms with E-state index in [1.54, 1.807) is 0 Å². The second kappa shape index (κ2) is 5.58. The summed E-state index contributed by atoms with van der Waals surface area (Å²) in [5.41, 5.74) is 5.85. The molecule has 22 heavy (non-hydrogen) atoms. The van der Waals surface area contributed by atoms with E-state index in [0.29, 0.717) is 0 Å². The molecule has 120 valence electrons. The quantitative estimate of drug-likeness (QED) is 0.286. The molecular weight excluding hydrogens is 316 g/mol. The molecule has 3 heterocycles. The van der Waals surface area contributed by atoms with Gasteiger partial charge in [-0.2, -0.15) is 9.97 Å². The van der Waals surface area contributed by atoms with Crippen LogP contribution >= 0.6 is 0 Å². The Balaban J connectivity index is 2.09. The third-order valence-electron chi connectivity index (χ3n) is 3.39. The van der Waals surface area contributed by atoms with E-state index in [-0.39, 0.29) is 22.1 Å². The predicted molar refractivity (Wildman–Crippen MR) is 73.3 cm³/mol. The summed E-state index contributed by atoms with van der Waals surface area (Å²) in [4.78, 5) is 11.8. The van der Waals surface area contributed by atoms with Crippen molar-refractivity contribution in [3.63, 3.8) is 0 Å². The maximum Gasteiger partial charge on any atom is 0.298 e. The average Bonchev–Trinajstić information content (AvgIpc) is 3.00. The van der Waals surface area contributed by atoms with Crippen LogP contribution in [0.3, 0.4) is 0 Å². The first-order valence-electron chi connectivity index (χ1n) is 6.22. The van der Waals surface area contributed by atoms with Gasteiger partial charge in [0.15, 0.2) is 17.4 Å². The average molecular weight is 330 g/mol. The van der Waals surface area contributed by atoms with Crippen LogP contribution in [-0.4, -0.2) is 64.3 Å². The van der Waals surface area contributed by atoms with Gasteiger partial charge in [0.25, 0.3) is 5.03 Å². The number of nitrogens with zero attached hydrogens (tertiary/aromatic N) is 4. The summed E-state index contributed by atoms with van der Waals surface area (Å²) in [7, 11) is 0. The van der Waals surface area contributed by atoms with Crippen LogP contribution < -0.4 is 10.9 Å². The van der Waals surface area contributed by atoms with E-state index < -0.39 is 42.5 Å². The van der Waals surface area contributed by atoms with E-state index in [1.807, 2.05) is 0 Å². The Kier molecular flexibility index (Phi) is 3.90. The molecular formula is C10H14N6O5S. The van der Waals surface area contributed by atoms with Crippen molar-refractivity contribution in [2.24, 2.45) is 5.14 Å². The molecule has 0 bridgehead atoms. The van der Waals surface area contributed by atoms with Gasteiger partial charge in [-0.15, -0.1) is 5.14 Å². The number of aromatic nitrogens is 4. The Morgan fingerprint density at radius 1 is 1.36 bits per heavy atom. The lowest BCUT2D eigenvalue weighted by Gasteiger charge is -2.16. The van der Waals surface area contributed by atoms with E-state index in [2.05, 4.69) is 15.0 Å². The van der Waals surface area contributed by atoms with E-state index >= 15 is 0 Å². The van der Waals surface area contributed by atoms with Crippen molar-refractivity contribution in [1.29, 1.82) is 0 Å². The molecule has 2 aromatic heterocycles. The number of anilines is 1. The van der Waals surface area contributed by atoms with Crippen molar-refractivity contribution in [3.05, 3.63) is 6.33 Å². The van der Waals surface area contributed by atoms with Crippen molar-refractivity contribution in [1.82, 2.24) is 19.5 Å². The topological polar surface area (TPSA) is 189 Å². The molecule has 1 aliphatic rings. The lowest BCUT2D eigenvalue weighted by atomic mass is 10.1. The first kappa shape index (κ1) is 15.4. The molecule has 3 rings (SSSR count). The molecule has 0 aliphatic carbocycles. The van der Waals surface area contributed by atoms with Crippen molar-refractivity contribution >= 4 is 28.5 Å². The minimum Gasteiger partial charge on any atom is -0.592 e. The van der Waals surface area contributed by atoms with Crippen molar-refractivity contribution < 1.29 is 24.6 Å². The van der Waals surface area contributed by atoms with E-state index in [1.165, 1.54) is 10.9 Å². The number of hydrogen-bond donors (Lipinski definition) is 5. The number of nitrogen functional groups attached to an aromatic ring is 1. The van der Waals surface area contributed by atoms with Crippen LogP contribution in [0, 0.1) is 0 Å². The highest BCUT2D eigenvalue weighted by Gasteiger charge is 2.44. The highest BCUT2D eigenvalue weighted by Crippen LogP contribution is 2.32. The number of aliphatic hydroxyl groups is 3. The van der Waals surface area contributed by atoms with Crippen LogP contribution in [-0.2, 0) is 16.1 Å². The zero-order chi connectivity index (χ0) is 16.0. The molecule has 2 aromatic rings. The number of nitrogens with two attached hydrogens (primary N) is 2. The molecule has 11 nitrogen and oxygen atoms in total. The normalized spacial score (nSPS) is 30.0. The van der Waals surface area contributed by atoms with E-state index in [4.69, 9.17) is 20.7 Å². The summed E-state index contributed by atoms with van der Waals surface area (Å²) in [5, 5.41) is 34.2. The Morgan fingerprint density at radius 2 is 2.09 bits per heavy atom. The fourth-order valence-corrected chi connectivity index (χ4v) is 2.86. The standard InChI is InChI=1S/C10H14N6O5S/c11-10-14-7-4(8(15-10)22(12)20)13-2-16(7)9-6(19)5(18)3(1-17)21-9/h2-3,5-6,9,17-19H,1,12H2,(H2,11,14,15)/t3-,5-,6-,9?,22?/m0/s1. The minimum atomic E-state index is -1.93. The number of imidazole rings is 1. The SMILES string of the molecule is Nc1nc([S+](N)[O-])c2ncn(C3O[C@@H](CO)[C@H](O)[C@@H]3O)c2n1. The van der Waals surface area contributed by atoms with Gasteiger partial charge in [0, 0.05) is 0 Å². The third kappa shape index (κ3) is 2.30. The largest absolute Gasteiger partial charge is 0.592 e. The summed E-state index contributed by atoms with van der Waals surface area (Å²) >= 11 is -1.93. The number of ether oxygens (including phenoxy) is 1. The molecule has 0 saturated carbocycles. The maximum absolute atomic E-state index is 11.5. The van der Waals surface area contributed by atoms with Gasteiger partial charge in [0.2, 0.25) is 5.95 Å². The third-order valence-corrected chi connectivity index (χ3v) is 4.05. The Labute approximate surface area is 126 Å². The second-order valence-corrected chi connectivity index (χ2v) is 5.72. The predicted octanol–water partition coefficient (Wildman–Crippen LogP) is -3.00. The van der Waals surface area contributed by atoms with Crippen molar-refractivity contribution in [2.45, 2.75) is 29.6 Å². The van der Waals surface area contributed by atoms with Gasteiger partial charge in [-0.3, -0.25) is 4.57 Å². The summed E-state index contributed by atoms with van der Waals surface area (Å²) in [6.45, 7) is -0.462. The van der Waals surface area contributed by atoms with Gasteiger partial charge >= 0.3 is 0 Å². The molecule has 0 radical (unpaired) electrons. The fraction of sp³-hybridized carbons (Fsp3) is 0.500. The number of hydrogen-bond acceptors (Lipinski definition) is 10. The van der Waals surface area contributed by atoms with Crippen LogP contribution in [0.25, 0.3) is 11.2 Å². The monoisotopic (exact) mass is 330 g/mol. The highest BCUT2D eigenvalue weighted by molar-refractivity contribution is 7.89. The minimum absolute atomic E-state index is 0.0482. The molecule has 0 spiro atoms. The fourth-order valence-electron chi connectivity index (χ4n) is 2.34. The molecule has 2 unspecified atom stereocenters. The first-order valence-corrected chi connectivity index (χ1v) is 7.44. The Morgan fingerprint density at radius 3 is 2.68 bits per heavy atom. The van der Waals surface area contributed by atoms with Gasteiger partial charge in [0.1, 0.15) is 18.3 Å². The van der Waals surface area contributed by atoms with Crippen molar-refractivity contribution in [3.8, 4) is 0 Å². The Hall–Kier alpha value is -1.54. The molecule has 0 aromatic carbocycles. The van der Waals surface area contributed by atoms with E-state index in [0.717, 1.165) is 0 Å².